The number of nitriles is 1. The Bertz CT molecular complexity index is 1320. The van der Waals surface area contributed by atoms with Gasteiger partial charge in [-0.1, -0.05) is 54.1 Å². The Morgan fingerprint density at radius 1 is 1.00 bits per heavy atom. The van der Waals surface area contributed by atoms with Crippen molar-refractivity contribution in [2.24, 2.45) is 0 Å². The van der Waals surface area contributed by atoms with Gasteiger partial charge in [0.1, 0.15) is 11.8 Å². The van der Waals surface area contributed by atoms with E-state index in [0.29, 0.717) is 5.69 Å². The minimum atomic E-state index is 0.483. The molecule has 0 radical (unpaired) electrons. The quantitative estimate of drug-likeness (QED) is 0.455. The molecule has 4 heteroatoms. The largest absolute Gasteiger partial charge is 0.350 e. The zero-order valence-electron chi connectivity index (χ0n) is 18.3. The van der Waals surface area contributed by atoms with Crippen molar-refractivity contribution < 1.29 is 0 Å². The maximum Gasteiger partial charge on any atom is 0.155 e. The normalized spacial score (nSPS) is 13.3. The number of hydrogen-bond acceptors (Lipinski definition) is 3. The standard InChI is InChI=1S/C27H26N4/c1-18-8-10-21(11-9-18)16-31-20(3)19(2)25-14-24(15-28)29-27(26(25)31)30-13-12-22-6-4-5-7-23(22)17-30/h4-11,14H,12-13,16-17H2,1-3H3. The Labute approximate surface area is 183 Å². The van der Waals surface area contributed by atoms with Crippen LogP contribution in [0.1, 0.15) is 39.2 Å². The van der Waals surface area contributed by atoms with Crippen LogP contribution in [0, 0.1) is 32.1 Å². The second-order valence-electron chi connectivity index (χ2n) is 8.56. The number of rotatable bonds is 3. The predicted octanol–water partition coefficient (Wildman–Crippen LogP) is 5.44. The lowest BCUT2D eigenvalue weighted by Crippen LogP contribution is -2.31. The van der Waals surface area contributed by atoms with Gasteiger partial charge in [0.05, 0.1) is 5.52 Å². The van der Waals surface area contributed by atoms with Crippen LogP contribution in [0.3, 0.4) is 0 Å². The van der Waals surface area contributed by atoms with Gasteiger partial charge in [-0.15, -0.1) is 0 Å². The van der Waals surface area contributed by atoms with Crippen LogP contribution in [-0.4, -0.2) is 16.1 Å². The Kier molecular flexibility index (Phi) is 4.75. The van der Waals surface area contributed by atoms with Gasteiger partial charge < -0.3 is 9.47 Å². The van der Waals surface area contributed by atoms with Crippen LogP contribution in [-0.2, 0) is 19.5 Å². The number of benzene rings is 2. The second kappa shape index (κ2) is 7.59. The number of fused-ring (bicyclic) bond motifs is 2. The molecule has 0 saturated carbocycles. The molecule has 0 bridgehead atoms. The smallest absolute Gasteiger partial charge is 0.155 e. The first-order valence-electron chi connectivity index (χ1n) is 10.8. The summed E-state index contributed by atoms with van der Waals surface area (Å²) in [6.07, 6.45) is 0.993. The Morgan fingerprint density at radius 3 is 2.48 bits per heavy atom. The van der Waals surface area contributed by atoms with E-state index in [1.807, 2.05) is 6.07 Å². The Balaban J connectivity index is 1.67. The lowest BCUT2D eigenvalue weighted by molar-refractivity contribution is 0.717. The molecule has 2 aromatic carbocycles. The van der Waals surface area contributed by atoms with Crippen LogP contribution in [0.2, 0.25) is 0 Å². The highest BCUT2D eigenvalue weighted by atomic mass is 15.2. The van der Waals surface area contributed by atoms with Crippen LogP contribution >= 0.6 is 0 Å². The number of aromatic nitrogens is 2. The highest BCUT2D eigenvalue weighted by Gasteiger charge is 2.24. The highest BCUT2D eigenvalue weighted by molar-refractivity contribution is 5.94. The summed E-state index contributed by atoms with van der Waals surface area (Å²) in [6, 6.07) is 21.6. The van der Waals surface area contributed by atoms with Gasteiger partial charge >= 0.3 is 0 Å². The molecule has 3 heterocycles. The van der Waals surface area contributed by atoms with Crippen molar-refractivity contribution in [2.75, 3.05) is 11.4 Å². The summed E-state index contributed by atoms with van der Waals surface area (Å²) in [6.45, 7) is 8.96. The molecule has 4 aromatic rings. The van der Waals surface area contributed by atoms with Gasteiger partial charge in [-0.3, -0.25) is 0 Å². The van der Waals surface area contributed by atoms with E-state index in [2.05, 4.69) is 84.8 Å². The second-order valence-corrected chi connectivity index (χ2v) is 8.56. The Hall–Kier alpha value is -3.58. The topological polar surface area (TPSA) is 44.9 Å². The summed E-state index contributed by atoms with van der Waals surface area (Å²) >= 11 is 0. The lowest BCUT2D eigenvalue weighted by Gasteiger charge is -2.30. The van der Waals surface area contributed by atoms with Gasteiger partial charge in [0.15, 0.2) is 5.82 Å². The van der Waals surface area contributed by atoms with Gasteiger partial charge in [-0.05, 0) is 55.5 Å². The van der Waals surface area contributed by atoms with E-state index >= 15 is 0 Å². The zero-order valence-corrected chi connectivity index (χ0v) is 18.3. The third kappa shape index (κ3) is 3.37. The average molecular weight is 407 g/mol. The molecule has 0 aliphatic carbocycles. The van der Waals surface area contributed by atoms with Crippen molar-refractivity contribution in [3.8, 4) is 6.07 Å². The van der Waals surface area contributed by atoms with Crippen molar-refractivity contribution in [2.45, 2.75) is 40.3 Å². The molecule has 0 N–H and O–H groups in total. The molecular formula is C27H26N4. The molecule has 1 aliphatic rings. The molecule has 0 fully saturated rings. The van der Waals surface area contributed by atoms with Crippen LogP contribution in [0.25, 0.3) is 10.9 Å². The highest BCUT2D eigenvalue weighted by Crippen LogP contribution is 2.35. The molecule has 5 rings (SSSR count). The van der Waals surface area contributed by atoms with Crippen molar-refractivity contribution in [1.29, 1.82) is 5.26 Å². The van der Waals surface area contributed by atoms with Crippen LogP contribution in [0.4, 0.5) is 5.82 Å². The molecule has 1 aliphatic heterocycles. The fraction of sp³-hybridized carbons (Fsp3) is 0.259. The van der Waals surface area contributed by atoms with E-state index in [1.54, 1.807) is 0 Å². The van der Waals surface area contributed by atoms with E-state index in [1.165, 1.54) is 33.5 Å². The van der Waals surface area contributed by atoms with Crippen molar-refractivity contribution in [3.63, 3.8) is 0 Å². The SMILES string of the molecule is Cc1ccc(Cn2c(C)c(C)c3cc(C#N)nc(N4CCc5ccccc5C4)c32)cc1. The van der Waals surface area contributed by atoms with Gasteiger partial charge in [0.2, 0.25) is 0 Å². The molecule has 31 heavy (non-hydrogen) atoms. The monoisotopic (exact) mass is 406 g/mol. The molecule has 2 aromatic heterocycles. The predicted molar refractivity (Wildman–Crippen MR) is 125 cm³/mol. The van der Waals surface area contributed by atoms with Crippen LogP contribution in [0.15, 0.2) is 54.6 Å². The molecule has 0 spiro atoms. The minimum Gasteiger partial charge on any atom is -0.350 e. The summed E-state index contributed by atoms with van der Waals surface area (Å²) < 4.78 is 2.37. The maximum atomic E-state index is 9.67. The first-order chi connectivity index (χ1) is 15.0. The maximum absolute atomic E-state index is 9.67. The van der Waals surface area contributed by atoms with Crippen molar-refractivity contribution in [3.05, 3.63) is 93.8 Å². The fourth-order valence-electron chi connectivity index (χ4n) is 4.67. The molecule has 0 saturated heterocycles. The molecule has 0 amide bonds. The lowest BCUT2D eigenvalue weighted by atomic mass is 10.00. The van der Waals surface area contributed by atoms with E-state index < -0.39 is 0 Å². The van der Waals surface area contributed by atoms with E-state index in [4.69, 9.17) is 4.98 Å². The van der Waals surface area contributed by atoms with Crippen LogP contribution in [0.5, 0.6) is 0 Å². The van der Waals surface area contributed by atoms with Gasteiger partial charge in [0, 0.05) is 30.7 Å². The summed E-state index contributed by atoms with van der Waals surface area (Å²) in [5.74, 6) is 0.923. The Morgan fingerprint density at radius 2 is 1.74 bits per heavy atom. The summed E-state index contributed by atoms with van der Waals surface area (Å²) in [4.78, 5) is 7.17. The summed E-state index contributed by atoms with van der Waals surface area (Å²) in [5, 5.41) is 10.8. The molecule has 154 valence electrons. The van der Waals surface area contributed by atoms with E-state index in [9.17, 15) is 5.26 Å². The number of hydrogen-bond donors (Lipinski definition) is 0. The third-order valence-electron chi connectivity index (χ3n) is 6.60. The van der Waals surface area contributed by atoms with Gasteiger partial charge in [-0.25, -0.2) is 4.98 Å². The molecule has 0 atom stereocenters. The summed E-state index contributed by atoms with van der Waals surface area (Å²) in [7, 11) is 0. The first kappa shape index (κ1) is 19.4. The van der Waals surface area contributed by atoms with Crippen molar-refractivity contribution >= 4 is 16.7 Å². The van der Waals surface area contributed by atoms with E-state index in [0.717, 1.165) is 42.8 Å². The van der Waals surface area contributed by atoms with Gasteiger partial charge in [0.25, 0.3) is 0 Å². The third-order valence-corrected chi connectivity index (χ3v) is 6.60. The van der Waals surface area contributed by atoms with E-state index in [-0.39, 0.29) is 0 Å². The molecular weight excluding hydrogens is 380 g/mol. The number of pyridine rings is 1. The van der Waals surface area contributed by atoms with Crippen molar-refractivity contribution in [1.82, 2.24) is 9.55 Å². The van der Waals surface area contributed by atoms with Crippen LogP contribution < -0.4 is 4.90 Å². The number of nitrogens with zero attached hydrogens (tertiary/aromatic N) is 4. The number of aryl methyl sites for hydroxylation is 2. The van der Waals surface area contributed by atoms with Gasteiger partial charge in [-0.2, -0.15) is 5.26 Å². The summed E-state index contributed by atoms with van der Waals surface area (Å²) in [5.41, 5.74) is 9.36. The molecule has 0 unspecified atom stereocenters. The first-order valence-corrected chi connectivity index (χ1v) is 10.8. The minimum absolute atomic E-state index is 0.483. The molecule has 4 nitrogen and oxygen atoms in total. The average Bonchev–Trinajstić information content (AvgIpc) is 3.04. The zero-order chi connectivity index (χ0) is 21.5. The number of anilines is 1. The fourth-order valence-corrected chi connectivity index (χ4v) is 4.67.